The smallest absolute Gasteiger partial charge is 0.295 e. The molecule has 1 aliphatic rings. The Morgan fingerprint density at radius 1 is 1.59 bits per heavy atom. The summed E-state index contributed by atoms with van der Waals surface area (Å²) in [5, 5.41) is 6.07. The Kier molecular flexibility index (Phi) is 3.15. The van der Waals surface area contributed by atoms with Crippen LogP contribution in [0.3, 0.4) is 0 Å². The van der Waals surface area contributed by atoms with E-state index in [1.54, 1.807) is 0 Å². The maximum atomic E-state index is 12.3. The van der Waals surface area contributed by atoms with Crippen molar-refractivity contribution in [3.8, 4) is 0 Å². The van der Waals surface area contributed by atoms with Crippen molar-refractivity contribution in [1.82, 2.24) is 10.2 Å². The first-order valence-electron chi connectivity index (χ1n) is 4.90. The molecule has 1 unspecified atom stereocenters. The lowest BCUT2D eigenvalue weighted by atomic mass is 10.2. The minimum Gasteiger partial charge on any atom is -0.295 e. The fourth-order valence-corrected chi connectivity index (χ4v) is 2.13. The third-order valence-corrected chi connectivity index (χ3v) is 3.49. The predicted octanol–water partition coefficient (Wildman–Crippen LogP) is 2.18. The summed E-state index contributed by atoms with van der Waals surface area (Å²) in [5.74, 6) is -0.0472. The number of carbonyl (C=O) groups is 1. The van der Waals surface area contributed by atoms with Crippen LogP contribution in [0.5, 0.6) is 0 Å². The molecule has 1 saturated heterocycles. The average Bonchev–Trinajstić information content (AvgIpc) is 2.82. The van der Waals surface area contributed by atoms with Gasteiger partial charge in [-0.25, -0.2) is 0 Å². The molecule has 1 aromatic heterocycles. The number of H-pyrrole nitrogens is 1. The Bertz CT molecular complexity index is 431. The SMILES string of the molecule is O=C1CC(CBr)CN1c1cc(C(F)(F)F)[nH]n1. The van der Waals surface area contributed by atoms with Crippen molar-refractivity contribution in [3.63, 3.8) is 0 Å². The van der Waals surface area contributed by atoms with Crippen LogP contribution in [0.15, 0.2) is 6.07 Å². The number of anilines is 1. The molecule has 0 bridgehead atoms. The average molecular weight is 312 g/mol. The van der Waals surface area contributed by atoms with Gasteiger partial charge in [0, 0.05) is 24.4 Å². The van der Waals surface area contributed by atoms with Crippen LogP contribution < -0.4 is 4.90 Å². The van der Waals surface area contributed by atoms with Crippen LogP contribution in [0.2, 0.25) is 0 Å². The van der Waals surface area contributed by atoms with E-state index in [2.05, 4.69) is 21.0 Å². The lowest BCUT2D eigenvalue weighted by Crippen LogP contribution is -2.25. The highest BCUT2D eigenvalue weighted by molar-refractivity contribution is 9.09. The number of hydrogen-bond donors (Lipinski definition) is 1. The quantitative estimate of drug-likeness (QED) is 0.851. The minimum atomic E-state index is -4.47. The lowest BCUT2D eigenvalue weighted by molar-refractivity contribution is -0.141. The van der Waals surface area contributed by atoms with Crippen LogP contribution in [-0.4, -0.2) is 28.0 Å². The van der Waals surface area contributed by atoms with Gasteiger partial charge in [0.1, 0.15) is 5.69 Å². The van der Waals surface area contributed by atoms with Crippen molar-refractivity contribution in [1.29, 1.82) is 0 Å². The maximum absolute atomic E-state index is 12.3. The molecule has 0 aromatic carbocycles. The molecule has 94 valence electrons. The summed E-state index contributed by atoms with van der Waals surface area (Å²) in [5.41, 5.74) is -0.942. The van der Waals surface area contributed by atoms with Crippen LogP contribution in [0.4, 0.5) is 19.0 Å². The molecular formula is C9H9BrF3N3O. The normalized spacial score (nSPS) is 21.3. The van der Waals surface area contributed by atoms with Gasteiger partial charge in [-0.15, -0.1) is 0 Å². The number of amides is 1. The Morgan fingerprint density at radius 3 is 2.76 bits per heavy atom. The number of aromatic amines is 1. The summed E-state index contributed by atoms with van der Waals surface area (Å²) in [7, 11) is 0. The van der Waals surface area contributed by atoms with Crippen LogP contribution in [0.25, 0.3) is 0 Å². The van der Waals surface area contributed by atoms with Crippen molar-refractivity contribution < 1.29 is 18.0 Å². The van der Waals surface area contributed by atoms with Gasteiger partial charge in [0.05, 0.1) is 0 Å². The molecule has 1 aliphatic heterocycles. The van der Waals surface area contributed by atoms with E-state index in [0.29, 0.717) is 18.3 Å². The second-order valence-corrected chi connectivity index (χ2v) is 4.51. The van der Waals surface area contributed by atoms with Crippen molar-refractivity contribution >= 4 is 27.7 Å². The molecule has 0 saturated carbocycles. The van der Waals surface area contributed by atoms with E-state index in [0.717, 1.165) is 6.07 Å². The number of aromatic nitrogens is 2. The van der Waals surface area contributed by atoms with E-state index in [1.807, 2.05) is 5.10 Å². The van der Waals surface area contributed by atoms with Gasteiger partial charge < -0.3 is 0 Å². The van der Waals surface area contributed by atoms with Gasteiger partial charge in [0.15, 0.2) is 5.82 Å². The van der Waals surface area contributed by atoms with E-state index in [4.69, 9.17) is 0 Å². The zero-order valence-corrected chi connectivity index (χ0v) is 10.2. The summed E-state index contributed by atoms with van der Waals surface area (Å²) < 4.78 is 37.0. The third-order valence-electron chi connectivity index (χ3n) is 2.57. The highest BCUT2D eigenvalue weighted by atomic mass is 79.9. The Labute approximate surface area is 103 Å². The monoisotopic (exact) mass is 311 g/mol. The summed E-state index contributed by atoms with van der Waals surface area (Å²) >= 11 is 3.25. The first kappa shape index (κ1) is 12.4. The molecule has 2 heterocycles. The van der Waals surface area contributed by atoms with E-state index >= 15 is 0 Å². The first-order valence-corrected chi connectivity index (χ1v) is 6.03. The molecular weight excluding hydrogens is 303 g/mol. The highest BCUT2D eigenvalue weighted by Gasteiger charge is 2.36. The zero-order valence-electron chi connectivity index (χ0n) is 8.59. The number of halogens is 4. The maximum Gasteiger partial charge on any atom is 0.432 e. The first-order chi connectivity index (χ1) is 7.91. The van der Waals surface area contributed by atoms with E-state index in [-0.39, 0.29) is 17.6 Å². The molecule has 1 atom stereocenters. The highest BCUT2D eigenvalue weighted by Crippen LogP contribution is 2.31. The van der Waals surface area contributed by atoms with Gasteiger partial charge in [0.2, 0.25) is 5.91 Å². The summed E-state index contributed by atoms with van der Waals surface area (Å²) in [6, 6.07) is 0.856. The molecule has 1 fully saturated rings. The van der Waals surface area contributed by atoms with Gasteiger partial charge >= 0.3 is 6.18 Å². The van der Waals surface area contributed by atoms with Crippen LogP contribution in [-0.2, 0) is 11.0 Å². The fourth-order valence-electron chi connectivity index (χ4n) is 1.70. The van der Waals surface area contributed by atoms with Gasteiger partial charge in [-0.2, -0.15) is 18.3 Å². The van der Waals surface area contributed by atoms with Crippen LogP contribution >= 0.6 is 15.9 Å². The van der Waals surface area contributed by atoms with Gasteiger partial charge in [0.25, 0.3) is 0 Å². The van der Waals surface area contributed by atoms with Crippen LogP contribution in [0.1, 0.15) is 12.1 Å². The number of nitrogens with one attached hydrogen (secondary N) is 1. The van der Waals surface area contributed by atoms with Gasteiger partial charge in [-0.05, 0) is 5.92 Å². The second kappa shape index (κ2) is 4.32. The summed E-state index contributed by atoms with van der Waals surface area (Å²) in [6.07, 6.45) is -4.14. The standard InChI is InChI=1S/C9H9BrF3N3O/c10-3-5-1-8(17)16(4-5)7-2-6(14-15-7)9(11,12)13/h2,5H,1,3-4H2,(H,14,15). The van der Waals surface area contributed by atoms with E-state index < -0.39 is 11.9 Å². The van der Waals surface area contributed by atoms with Crippen molar-refractivity contribution in [3.05, 3.63) is 11.8 Å². The van der Waals surface area contributed by atoms with Gasteiger partial charge in [-0.3, -0.25) is 14.8 Å². The molecule has 1 amide bonds. The van der Waals surface area contributed by atoms with Crippen molar-refractivity contribution in [2.45, 2.75) is 12.6 Å². The van der Waals surface area contributed by atoms with Crippen molar-refractivity contribution in [2.75, 3.05) is 16.8 Å². The Balaban J connectivity index is 2.19. The zero-order chi connectivity index (χ0) is 12.6. The molecule has 1 N–H and O–H groups in total. The Hall–Kier alpha value is -1.05. The third kappa shape index (κ3) is 2.46. The number of alkyl halides is 4. The topological polar surface area (TPSA) is 49.0 Å². The molecule has 4 nitrogen and oxygen atoms in total. The molecule has 8 heteroatoms. The van der Waals surface area contributed by atoms with E-state index in [9.17, 15) is 18.0 Å². The van der Waals surface area contributed by atoms with Gasteiger partial charge in [-0.1, -0.05) is 15.9 Å². The number of hydrogen-bond acceptors (Lipinski definition) is 2. The predicted molar refractivity (Wildman–Crippen MR) is 57.8 cm³/mol. The van der Waals surface area contributed by atoms with Crippen LogP contribution in [0, 0.1) is 5.92 Å². The summed E-state index contributed by atoms with van der Waals surface area (Å²) in [4.78, 5) is 12.8. The van der Waals surface area contributed by atoms with Crippen molar-refractivity contribution in [2.24, 2.45) is 5.92 Å². The number of carbonyl (C=O) groups excluding carboxylic acids is 1. The minimum absolute atomic E-state index is 0.0331. The molecule has 2 rings (SSSR count). The molecule has 0 aliphatic carbocycles. The lowest BCUT2D eigenvalue weighted by Gasteiger charge is -2.12. The molecule has 0 radical (unpaired) electrons. The largest absolute Gasteiger partial charge is 0.432 e. The molecule has 17 heavy (non-hydrogen) atoms. The van der Waals surface area contributed by atoms with E-state index in [1.165, 1.54) is 4.90 Å². The molecule has 1 aromatic rings. The number of nitrogens with zero attached hydrogens (tertiary/aromatic N) is 2. The number of rotatable bonds is 2. The fraction of sp³-hybridized carbons (Fsp3) is 0.556. The second-order valence-electron chi connectivity index (χ2n) is 3.87. The Morgan fingerprint density at radius 2 is 2.29 bits per heavy atom. The summed E-state index contributed by atoms with van der Waals surface area (Å²) in [6.45, 7) is 0.395. The molecule has 0 spiro atoms.